The number of nitrogens with zero attached hydrogens (tertiary/aromatic N) is 3. The molecule has 1 amide bonds. The van der Waals surface area contributed by atoms with Crippen molar-refractivity contribution in [1.82, 2.24) is 13.8 Å². The van der Waals surface area contributed by atoms with Crippen molar-refractivity contribution in [3.05, 3.63) is 77.1 Å². The van der Waals surface area contributed by atoms with E-state index in [0.29, 0.717) is 47.8 Å². The van der Waals surface area contributed by atoms with Crippen molar-refractivity contribution in [2.24, 2.45) is 0 Å². The maximum absolute atomic E-state index is 13.9. The van der Waals surface area contributed by atoms with E-state index in [2.05, 4.69) is 4.57 Å². The lowest BCUT2D eigenvalue weighted by Crippen LogP contribution is -2.47. The third-order valence-corrected chi connectivity index (χ3v) is 10.4. The van der Waals surface area contributed by atoms with E-state index in [1.165, 1.54) is 0 Å². The lowest BCUT2D eigenvalue weighted by atomic mass is 9.99. The molecule has 0 N–H and O–H groups in total. The van der Waals surface area contributed by atoms with Crippen molar-refractivity contribution in [2.75, 3.05) is 40.5 Å². The number of carbonyl (C=O) groups excluding carboxylic acids is 1. The van der Waals surface area contributed by atoms with E-state index in [9.17, 15) is 13.2 Å². The second-order valence-corrected chi connectivity index (χ2v) is 12.6. The maximum atomic E-state index is 13.9. The van der Waals surface area contributed by atoms with Crippen molar-refractivity contribution in [1.29, 1.82) is 0 Å². The molecule has 0 saturated carbocycles. The van der Waals surface area contributed by atoms with Crippen LogP contribution in [0.2, 0.25) is 0 Å². The molecule has 9 nitrogen and oxygen atoms in total. The van der Waals surface area contributed by atoms with E-state index in [-0.39, 0.29) is 31.2 Å². The van der Waals surface area contributed by atoms with Crippen molar-refractivity contribution in [2.45, 2.75) is 56.6 Å². The van der Waals surface area contributed by atoms with Gasteiger partial charge in [-0.2, -0.15) is 4.31 Å². The lowest BCUT2D eigenvalue weighted by Gasteiger charge is -2.38. The Bertz CT molecular complexity index is 1480. The van der Waals surface area contributed by atoms with Gasteiger partial charge in [0.1, 0.15) is 18.1 Å². The first-order valence-electron chi connectivity index (χ1n) is 14.1. The van der Waals surface area contributed by atoms with Gasteiger partial charge in [-0.25, -0.2) is 8.42 Å². The highest BCUT2D eigenvalue weighted by atomic mass is 32.2. The summed E-state index contributed by atoms with van der Waals surface area (Å²) in [6.45, 7) is 5.31. The van der Waals surface area contributed by atoms with Gasteiger partial charge in [0.25, 0.3) is 0 Å². The molecule has 0 bridgehead atoms. The van der Waals surface area contributed by atoms with Crippen LogP contribution in [0.3, 0.4) is 0 Å². The number of amides is 1. The number of piperidine rings is 1. The van der Waals surface area contributed by atoms with Crippen LogP contribution < -0.4 is 9.47 Å². The van der Waals surface area contributed by atoms with Gasteiger partial charge in [0.15, 0.2) is 0 Å². The molecule has 3 aromatic rings. The Morgan fingerprint density at radius 2 is 1.68 bits per heavy atom. The van der Waals surface area contributed by atoms with Crippen LogP contribution in [-0.2, 0) is 26.1 Å². The number of fused-ring (bicyclic) bond motifs is 1. The number of aryl methyl sites for hydroxylation is 2. The smallest absolute Gasteiger partial charge is 0.249 e. The molecule has 0 aliphatic carbocycles. The number of methoxy groups -OCH3 is 2. The molecule has 220 valence electrons. The van der Waals surface area contributed by atoms with Crippen molar-refractivity contribution >= 4 is 15.9 Å². The second kappa shape index (κ2) is 12.3. The zero-order chi connectivity index (χ0) is 29.1. The molecule has 1 saturated heterocycles. The average Bonchev–Trinajstić information content (AvgIpc) is 3.45. The number of ether oxygens (including phenoxy) is 3. The molecule has 1 fully saturated rings. The van der Waals surface area contributed by atoms with Crippen LogP contribution in [0.4, 0.5) is 0 Å². The number of sulfonamides is 1. The van der Waals surface area contributed by atoms with E-state index >= 15 is 0 Å². The third kappa shape index (κ3) is 5.86. The number of benzene rings is 2. The number of rotatable bonds is 9. The Morgan fingerprint density at radius 1 is 0.927 bits per heavy atom. The summed E-state index contributed by atoms with van der Waals surface area (Å²) in [6.07, 6.45) is 4.42. The molecule has 41 heavy (non-hydrogen) atoms. The lowest BCUT2D eigenvalue weighted by molar-refractivity contribution is -0.139. The van der Waals surface area contributed by atoms with Gasteiger partial charge in [0.05, 0.1) is 31.8 Å². The second-order valence-electron chi connectivity index (χ2n) is 10.8. The highest BCUT2D eigenvalue weighted by Crippen LogP contribution is 2.35. The largest absolute Gasteiger partial charge is 0.497 e. The molecule has 2 atom stereocenters. The molecular formula is C31H39N3O6S. The van der Waals surface area contributed by atoms with E-state index in [1.807, 2.05) is 47.5 Å². The van der Waals surface area contributed by atoms with Crippen LogP contribution in [0.25, 0.3) is 0 Å². The molecule has 0 spiro atoms. The summed E-state index contributed by atoms with van der Waals surface area (Å²) in [7, 11) is -0.557. The predicted molar refractivity (Wildman–Crippen MR) is 156 cm³/mol. The van der Waals surface area contributed by atoms with Crippen LogP contribution in [0, 0.1) is 13.8 Å². The highest BCUT2D eigenvalue weighted by Gasteiger charge is 2.36. The van der Waals surface area contributed by atoms with Crippen LogP contribution >= 0.6 is 0 Å². The van der Waals surface area contributed by atoms with E-state index < -0.39 is 10.0 Å². The van der Waals surface area contributed by atoms with Crippen molar-refractivity contribution in [3.8, 4) is 11.5 Å². The van der Waals surface area contributed by atoms with Crippen LogP contribution in [-0.4, -0.2) is 74.7 Å². The fraction of sp³-hybridized carbons (Fsp3) is 0.452. The van der Waals surface area contributed by atoms with Crippen LogP contribution in [0.5, 0.6) is 11.5 Å². The molecule has 2 aliphatic heterocycles. The van der Waals surface area contributed by atoms with Gasteiger partial charge < -0.3 is 23.7 Å². The van der Waals surface area contributed by atoms with Gasteiger partial charge in [-0.05, 0) is 79.8 Å². The minimum Gasteiger partial charge on any atom is -0.497 e. The highest BCUT2D eigenvalue weighted by molar-refractivity contribution is 7.89. The van der Waals surface area contributed by atoms with Gasteiger partial charge in [0, 0.05) is 37.6 Å². The van der Waals surface area contributed by atoms with Gasteiger partial charge >= 0.3 is 0 Å². The molecule has 1 aromatic heterocycles. The normalized spacial score (nSPS) is 19.6. The van der Waals surface area contributed by atoms with E-state index in [0.717, 1.165) is 29.8 Å². The number of carbonyl (C=O) groups is 1. The van der Waals surface area contributed by atoms with Gasteiger partial charge in [-0.1, -0.05) is 18.6 Å². The number of hydrogen-bond acceptors (Lipinski definition) is 6. The summed E-state index contributed by atoms with van der Waals surface area (Å²) < 4.78 is 48.2. The predicted octanol–water partition coefficient (Wildman–Crippen LogP) is 4.31. The first kappa shape index (κ1) is 29.2. The average molecular weight is 582 g/mol. The summed E-state index contributed by atoms with van der Waals surface area (Å²) in [5, 5.41) is 0. The molecule has 0 radical (unpaired) electrons. The third-order valence-electron chi connectivity index (χ3n) is 8.11. The number of aromatic nitrogens is 1. The summed E-state index contributed by atoms with van der Waals surface area (Å²) in [6, 6.07) is 14.7. The topological polar surface area (TPSA) is 90.3 Å². The molecule has 3 heterocycles. The molecule has 2 aromatic carbocycles. The number of hydrogen-bond donors (Lipinski definition) is 0. The molecule has 5 rings (SSSR count). The molecule has 2 unspecified atom stereocenters. The van der Waals surface area contributed by atoms with Crippen molar-refractivity contribution in [3.63, 3.8) is 0 Å². The van der Waals surface area contributed by atoms with Crippen molar-refractivity contribution < 1.29 is 27.4 Å². The van der Waals surface area contributed by atoms with E-state index in [1.54, 1.807) is 44.5 Å². The zero-order valence-corrected chi connectivity index (χ0v) is 25.0. The van der Waals surface area contributed by atoms with Crippen LogP contribution in [0.15, 0.2) is 59.6 Å². The van der Waals surface area contributed by atoms with Crippen LogP contribution in [0.1, 0.15) is 47.7 Å². The summed E-state index contributed by atoms with van der Waals surface area (Å²) in [5.74, 6) is 1.24. The standard InChI is InChI=1S/C31H39N3O6S/c1-22-17-27(39-4)18-23(2)31(22)41(36,37)34-14-6-5-10-25(34)20-40-21-29(35)33-16-15-32-13-8-12-28(32)30(33)24-9-7-11-26(19-24)38-3/h7-9,11-13,17-19,25,30H,5-6,10,14-16,20-21H2,1-4H3. The monoisotopic (exact) mass is 581 g/mol. The minimum atomic E-state index is -3.76. The molecular weight excluding hydrogens is 542 g/mol. The fourth-order valence-electron chi connectivity index (χ4n) is 6.19. The van der Waals surface area contributed by atoms with Gasteiger partial charge in [-0.3, -0.25) is 4.79 Å². The van der Waals surface area contributed by atoms with Gasteiger partial charge in [-0.15, -0.1) is 0 Å². The van der Waals surface area contributed by atoms with Gasteiger partial charge in [0.2, 0.25) is 15.9 Å². The SMILES string of the molecule is COc1cccc(C2c3cccn3CCN2C(=O)COCC2CCCCN2S(=O)(=O)c2c(C)cc(OC)cc2C)c1. The molecule has 10 heteroatoms. The minimum absolute atomic E-state index is 0.119. The molecule has 2 aliphatic rings. The van der Waals surface area contributed by atoms with E-state index in [4.69, 9.17) is 14.2 Å². The Labute approximate surface area is 242 Å². The Kier molecular flexibility index (Phi) is 8.72. The Morgan fingerprint density at radius 3 is 2.41 bits per heavy atom. The maximum Gasteiger partial charge on any atom is 0.249 e. The summed E-state index contributed by atoms with van der Waals surface area (Å²) in [5.41, 5.74) is 3.31. The Balaban J connectivity index is 1.30. The Hall–Kier alpha value is -3.34. The first-order chi connectivity index (χ1) is 19.7. The zero-order valence-electron chi connectivity index (χ0n) is 24.2. The quantitative estimate of drug-likeness (QED) is 0.374. The summed E-state index contributed by atoms with van der Waals surface area (Å²) in [4.78, 5) is 15.7. The first-order valence-corrected chi connectivity index (χ1v) is 15.5. The fourth-order valence-corrected chi connectivity index (χ4v) is 8.28. The summed E-state index contributed by atoms with van der Waals surface area (Å²) >= 11 is 0.